The first-order valence-corrected chi connectivity index (χ1v) is 11.5. The summed E-state index contributed by atoms with van der Waals surface area (Å²) in [6.45, 7) is 4.33. The van der Waals surface area contributed by atoms with Gasteiger partial charge in [0.05, 0.1) is 29.4 Å². The minimum Gasteiger partial charge on any atom is -0.292 e. The number of hydrogen-bond acceptors (Lipinski definition) is 3. The summed E-state index contributed by atoms with van der Waals surface area (Å²) in [5.74, 6) is 0.418. The molecule has 0 spiro atoms. The normalized spacial score (nSPS) is 10.8. The van der Waals surface area contributed by atoms with Crippen molar-refractivity contribution in [1.29, 1.82) is 5.26 Å². The van der Waals surface area contributed by atoms with Crippen LogP contribution in [0.3, 0.4) is 0 Å². The van der Waals surface area contributed by atoms with Gasteiger partial charge in [0.15, 0.2) is 0 Å². The Balaban J connectivity index is 1.74. The topological polar surface area (TPSA) is 58.7 Å². The van der Waals surface area contributed by atoms with E-state index in [0.717, 1.165) is 35.4 Å². The molecule has 0 aliphatic carbocycles. The highest BCUT2D eigenvalue weighted by atomic mass is 19.1. The lowest BCUT2D eigenvalue weighted by Gasteiger charge is -2.16. The van der Waals surface area contributed by atoms with Crippen molar-refractivity contribution in [3.8, 4) is 28.3 Å². The van der Waals surface area contributed by atoms with Gasteiger partial charge < -0.3 is 0 Å². The molecule has 0 saturated heterocycles. The zero-order chi connectivity index (χ0) is 24.1. The first kappa shape index (κ1) is 23.1. The van der Waals surface area contributed by atoms with E-state index in [9.17, 15) is 14.4 Å². The summed E-state index contributed by atoms with van der Waals surface area (Å²) in [4.78, 5) is 18.4. The first-order valence-electron chi connectivity index (χ1n) is 11.5. The SMILES string of the molecule is CCCCc1nc(C)c(-c2ccc(F)cc2)c(=O)n1Cc1ccc(-c2ccccc2C#N)cc1. The van der Waals surface area contributed by atoms with Crippen molar-refractivity contribution in [1.82, 2.24) is 9.55 Å². The Kier molecular flexibility index (Phi) is 6.98. The second-order valence-electron chi connectivity index (χ2n) is 8.34. The van der Waals surface area contributed by atoms with Gasteiger partial charge in [0, 0.05) is 6.42 Å². The quantitative estimate of drug-likeness (QED) is 0.332. The second-order valence-corrected chi connectivity index (χ2v) is 8.34. The van der Waals surface area contributed by atoms with E-state index in [1.807, 2.05) is 49.4 Å². The van der Waals surface area contributed by atoms with Crippen LogP contribution in [0.4, 0.5) is 4.39 Å². The number of nitrogens with zero attached hydrogens (tertiary/aromatic N) is 3. The molecule has 4 rings (SSSR count). The van der Waals surface area contributed by atoms with E-state index in [0.29, 0.717) is 35.3 Å². The van der Waals surface area contributed by atoms with Gasteiger partial charge in [-0.1, -0.05) is 67.9 Å². The standard InChI is InChI=1S/C29H26FN3O/c1-3-4-9-27-32-20(2)28(23-14-16-25(30)17-15-23)29(34)33(27)19-21-10-12-22(13-11-21)26-8-6-5-7-24(26)18-31/h5-8,10-17H,3-4,9,19H2,1-2H3. The fourth-order valence-electron chi connectivity index (χ4n) is 4.16. The molecular formula is C29H26FN3O. The molecule has 4 aromatic rings. The molecule has 3 aromatic carbocycles. The largest absolute Gasteiger partial charge is 0.292 e. The number of rotatable bonds is 7. The molecule has 1 heterocycles. The van der Waals surface area contributed by atoms with E-state index < -0.39 is 0 Å². The monoisotopic (exact) mass is 451 g/mol. The maximum absolute atomic E-state index is 13.6. The Morgan fingerprint density at radius 2 is 1.65 bits per heavy atom. The third kappa shape index (κ3) is 4.82. The molecule has 0 atom stereocenters. The maximum atomic E-state index is 13.6. The Bertz CT molecular complexity index is 1400. The third-order valence-electron chi connectivity index (χ3n) is 5.97. The van der Waals surface area contributed by atoms with Gasteiger partial charge in [-0.15, -0.1) is 0 Å². The summed E-state index contributed by atoms with van der Waals surface area (Å²) in [7, 11) is 0. The van der Waals surface area contributed by atoms with Crippen molar-refractivity contribution in [2.24, 2.45) is 0 Å². The van der Waals surface area contributed by atoms with E-state index in [1.165, 1.54) is 12.1 Å². The van der Waals surface area contributed by atoms with Gasteiger partial charge in [-0.25, -0.2) is 9.37 Å². The van der Waals surface area contributed by atoms with Crippen molar-refractivity contribution < 1.29 is 4.39 Å². The lowest BCUT2D eigenvalue weighted by Crippen LogP contribution is -2.28. The van der Waals surface area contributed by atoms with E-state index in [-0.39, 0.29) is 11.4 Å². The van der Waals surface area contributed by atoms with Gasteiger partial charge in [0.1, 0.15) is 11.6 Å². The molecule has 1 aromatic heterocycles. The van der Waals surface area contributed by atoms with Crippen LogP contribution < -0.4 is 5.56 Å². The number of benzene rings is 3. The number of nitriles is 1. The minimum absolute atomic E-state index is 0.121. The Morgan fingerprint density at radius 3 is 2.32 bits per heavy atom. The van der Waals surface area contributed by atoms with E-state index in [4.69, 9.17) is 4.98 Å². The number of hydrogen-bond donors (Lipinski definition) is 0. The Labute approximate surface area is 199 Å². The highest BCUT2D eigenvalue weighted by Gasteiger charge is 2.16. The Morgan fingerprint density at radius 1 is 0.971 bits per heavy atom. The summed E-state index contributed by atoms with van der Waals surface area (Å²) < 4.78 is 15.2. The number of halogens is 1. The predicted molar refractivity (Wildman–Crippen MR) is 133 cm³/mol. The average Bonchev–Trinajstić information content (AvgIpc) is 2.86. The summed E-state index contributed by atoms with van der Waals surface area (Å²) >= 11 is 0. The first-order chi connectivity index (χ1) is 16.5. The summed E-state index contributed by atoms with van der Waals surface area (Å²) in [6, 6.07) is 23.6. The van der Waals surface area contributed by atoms with Crippen LogP contribution in [0.5, 0.6) is 0 Å². The van der Waals surface area contributed by atoms with Gasteiger partial charge in [-0.3, -0.25) is 9.36 Å². The fourth-order valence-corrected chi connectivity index (χ4v) is 4.16. The van der Waals surface area contributed by atoms with Crippen LogP contribution in [-0.4, -0.2) is 9.55 Å². The zero-order valence-electron chi connectivity index (χ0n) is 19.4. The van der Waals surface area contributed by atoms with Crippen LogP contribution >= 0.6 is 0 Å². The molecule has 0 aliphatic rings. The zero-order valence-corrected chi connectivity index (χ0v) is 19.4. The molecule has 0 radical (unpaired) electrons. The lowest BCUT2D eigenvalue weighted by molar-refractivity contribution is 0.627. The van der Waals surface area contributed by atoms with Gasteiger partial charge in [0.2, 0.25) is 0 Å². The van der Waals surface area contributed by atoms with Crippen LogP contribution in [0.25, 0.3) is 22.3 Å². The molecule has 0 fully saturated rings. The van der Waals surface area contributed by atoms with Gasteiger partial charge in [0.25, 0.3) is 5.56 Å². The molecule has 0 amide bonds. The molecule has 0 unspecified atom stereocenters. The molecule has 0 bridgehead atoms. The predicted octanol–water partition coefficient (Wildman–Crippen LogP) is 6.29. The number of aryl methyl sites for hydroxylation is 2. The van der Waals surface area contributed by atoms with Gasteiger partial charge in [-0.05, 0) is 53.8 Å². The fraction of sp³-hybridized carbons (Fsp3) is 0.207. The van der Waals surface area contributed by atoms with Crippen LogP contribution in [0.15, 0.2) is 77.6 Å². The number of aromatic nitrogens is 2. The van der Waals surface area contributed by atoms with Crippen LogP contribution in [0.2, 0.25) is 0 Å². The second kappa shape index (κ2) is 10.3. The van der Waals surface area contributed by atoms with Crippen molar-refractivity contribution in [3.05, 3.63) is 112 Å². The number of unbranched alkanes of at least 4 members (excludes halogenated alkanes) is 1. The van der Waals surface area contributed by atoms with E-state index >= 15 is 0 Å². The van der Waals surface area contributed by atoms with Gasteiger partial charge >= 0.3 is 0 Å². The van der Waals surface area contributed by atoms with Crippen molar-refractivity contribution in [2.75, 3.05) is 0 Å². The molecule has 0 saturated carbocycles. The summed E-state index contributed by atoms with van der Waals surface area (Å²) in [5, 5.41) is 9.40. The molecule has 5 heteroatoms. The molecular weight excluding hydrogens is 425 g/mol. The molecule has 0 N–H and O–H groups in total. The van der Waals surface area contributed by atoms with Crippen molar-refractivity contribution >= 4 is 0 Å². The Hall–Kier alpha value is -4.04. The molecule has 0 aliphatic heterocycles. The highest BCUT2D eigenvalue weighted by molar-refractivity contribution is 5.70. The van der Waals surface area contributed by atoms with Crippen molar-refractivity contribution in [3.63, 3.8) is 0 Å². The summed E-state index contributed by atoms with van der Waals surface area (Å²) in [6.07, 6.45) is 2.65. The average molecular weight is 452 g/mol. The summed E-state index contributed by atoms with van der Waals surface area (Å²) in [5.41, 5.74) is 5.12. The smallest absolute Gasteiger partial charge is 0.261 e. The third-order valence-corrected chi connectivity index (χ3v) is 5.97. The van der Waals surface area contributed by atoms with Crippen molar-refractivity contribution in [2.45, 2.75) is 39.7 Å². The minimum atomic E-state index is -0.340. The molecule has 4 nitrogen and oxygen atoms in total. The highest BCUT2D eigenvalue weighted by Crippen LogP contribution is 2.24. The maximum Gasteiger partial charge on any atom is 0.261 e. The van der Waals surface area contributed by atoms with Gasteiger partial charge in [-0.2, -0.15) is 5.26 Å². The molecule has 34 heavy (non-hydrogen) atoms. The van der Waals surface area contributed by atoms with E-state index in [1.54, 1.807) is 22.8 Å². The molecule has 170 valence electrons. The van der Waals surface area contributed by atoms with Crippen LogP contribution in [0, 0.1) is 24.1 Å². The van der Waals surface area contributed by atoms with Crippen LogP contribution in [0.1, 0.15) is 42.4 Å². The van der Waals surface area contributed by atoms with Crippen LogP contribution in [-0.2, 0) is 13.0 Å². The van der Waals surface area contributed by atoms with E-state index in [2.05, 4.69) is 13.0 Å². The lowest BCUT2D eigenvalue weighted by atomic mass is 9.99.